The predicted molar refractivity (Wildman–Crippen MR) is 104 cm³/mol. The third-order valence-electron chi connectivity index (χ3n) is 3.32. The van der Waals surface area contributed by atoms with Gasteiger partial charge in [0.05, 0.1) is 19.8 Å². The zero-order valence-corrected chi connectivity index (χ0v) is 16.7. The Bertz CT molecular complexity index is 683. The Kier molecular flexibility index (Phi) is 7.61. The number of rotatable bonds is 9. The summed E-state index contributed by atoms with van der Waals surface area (Å²) in [7, 11) is -6.42. The lowest BCUT2D eigenvalue weighted by Crippen LogP contribution is -2.15. The summed E-state index contributed by atoms with van der Waals surface area (Å²) < 4.78 is 36.1. The highest BCUT2D eigenvalue weighted by atomic mass is 31.2. The van der Waals surface area contributed by atoms with E-state index in [9.17, 15) is 4.57 Å². The van der Waals surface area contributed by atoms with Crippen molar-refractivity contribution in [2.24, 2.45) is 4.52 Å². The van der Waals surface area contributed by atoms with E-state index in [4.69, 9.17) is 13.6 Å². The Morgan fingerprint density at radius 2 is 1.08 bits per heavy atom. The molecule has 2 rings (SSSR count). The smallest absolute Gasteiger partial charge is 0.303 e. The Morgan fingerprint density at radius 1 is 0.720 bits per heavy atom. The molecule has 0 bridgehead atoms. The fourth-order valence-corrected chi connectivity index (χ4v) is 7.68. The first-order valence-corrected chi connectivity index (χ1v) is 11.5. The molecule has 0 aliphatic carbocycles. The van der Waals surface area contributed by atoms with Crippen LogP contribution in [-0.4, -0.2) is 19.8 Å². The van der Waals surface area contributed by atoms with Crippen molar-refractivity contribution >= 4 is 25.6 Å². The largest absolute Gasteiger partial charge is 0.362 e. The fourth-order valence-electron chi connectivity index (χ4n) is 2.35. The Labute approximate surface area is 150 Å². The van der Waals surface area contributed by atoms with Crippen LogP contribution in [-0.2, 0) is 18.1 Å². The van der Waals surface area contributed by atoms with Crippen LogP contribution in [0.15, 0.2) is 65.2 Å². The minimum atomic E-state index is -3.34. The van der Waals surface area contributed by atoms with Gasteiger partial charge in [0.1, 0.15) is 0 Å². The topological polar surface area (TPSA) is 57.1 Å². The van der Waals surface area contributed by atoms with E-state index in [2.05, 4.69) is 4.52 Å². The molecule has 0 saturated heterocycles. The Hall–Kier alpha value is -1.22. The van der Waals surface area contributed by atoms with E-state index in [1.807, 2.05) is 81.4 Å². The van der Waals surface area contributed by atoms with Crippen LogP contribution < -0.4 is 10.6 Å². The van der Waals surface area contributed by atoms with Gasteiger partial charge < -0.3 is 13.6 Å². The van der Waals surface area contributed by atoms with Crippen molar-refractivity contribution in [3.63, 3.8) is 0 Å². The van der Waals surface area contributed by atoms with E-state index in [1.165, 1.54) is 0 Å². The van der Waals surface area contributed by atoms with Gasteiger partial charge in [0, 0.05) is 10.6 Å². The lowest BCUT2D eigenvalue weighted by atomic mass is 10.4. The van der Waals surface area contributed by atoms with Gasteiger partial charge >= 0.3 is 7.74 Å². The summed E-state index contributed by atoms with van der Waals surface area (Å²) in [6.45, 7) is 6.62. The molecule has 0 unspecified atom stereocenters. The first-order chi connectivity index (χ1) is 12.1. The molecule has 0 saturated carbocycles. The van der Waals surface area contributed by atoms with Crippen molar-refractivity contribution in [1.29, 1.82) is 0 Å². The van der Waals surface area contributed by atoms with Gasteiger partial charge in [0.15, 0.2) is 0 Å². The van der Waals surface area contributed by atoms with E-state index in [0.717, 1.165) is 0 Å². The van der Waals surface area contributed by atoms with Gasteiger partial charge in [0.25, 0.3) is 7.29 Å². The summed E-state index contributed by atoms with van der Waals surface area (Å²) in [4.78, 5) is 0. The van der Waals surface area contributed by atoms with Crippen LogP contribution in [0, 0.1) is 0 Å². The first-order valence-electron chi connectivity index (χ1n) is 8.39. The summed E-state index contributed by atoms with van der Waals surface area (Å²) in [5.41, 5.74) is 0. The van der Waals surface area contributed by atoms with Crippen molar-refractivity contribution in [2.75, 3.05) is 19.8 Å². The molecule has 0 spiro atoms. The minimum Gasteiger partial charge on any atom is -0.303 e. The molecule has 25 heavy (non-hydrogen) atoms. The van der Waals surface area contributed by atoms with E-state index in [0.29, 0.717) is 30.4 Å². The fraction of sp³-hybridized carbons (Fsp3) is 0.333. The molecule has 2 aromatic carbocycles. The van der Waals surface area contributed by atoms with Crippen LogP contribution in [0.4, 0.5) is 0 Å². The van der Waals surface area contributed by atoms with E-state index in [-0.39, 0.29) is 0 Å². The number of hydrogen-bond acceptors (Lipinski definition) is 4. The van der Waals surface area contributed by atoms with Crippen LogP contribution >= 0.6 is 15.0 Å². The van der Waals surface area contributed by atoms with Crippen molar-refractivity contribution in [1.82, 2.24) is 0 Å². The molecular weight excluding hydrogens is 356 g/mol. The maximum absolute atomic E-state index is 14.1. The van der Waals surface area contributed by atoms with Crippen LogP contribution in [0.25, 0.3) is 0 Å². The van der Waals surface area contributed by atoms with E-state index in [1.54, 1.807) is 0 Å². The second kappa shape index (κ2) is 9.47. The van der Waals surface area contributed by atoms with Gasteiger partial charge in [-0.15, -0.1) is 0 Å². The standard InChI is InChI=1S/C18H25NO4P2/c1-4-21-25(22-5-2,23-6-3)19-24(20,17-13-9-7-10-14-17)18-15-11-8-12-16-18/h7-16H,4-6H2,1-3H3. The first kappa shape index (κ1) is 20.1. The molecule has 0 aromatic heterocycles. The van der Waals surface area contributed by atoms with Gasteiger partial charge in [-0.1, -0.05) is 36.4 Å². The summed E-state index contributed by atoms with van der Waals surface area (Å²) in [5, 5.41) is 1.26. The lowest BCUT2D eigenvalue weighted by Gasteiger charge is -2.25. The van der Waals surface area contributed by atoms with E-state index >= 15 is 0 Å². The highest BCUT2D eigenvalue weighted by Crippen LogP contribution is 2.63. The maximum Gasteiger partial charge on any atom is 0.362 e. The van der Waals surface area contributed by atoms with Crippen molar-refractivity contribution < 1.29 is 18.1 Å². The second-order valence-electron chi connectivity index (χ2n) is 5.06. The van der Waals surface area contributed by atoms with Crippen LogP contribution in [0.5, 0.6) is 0 Å². The van der Waals surface area contributed by atoms with Crippen LogP contribution in [0.1, 0.15) is 20.8 Å². The maximum atomic E-state index is 14.1. The number of benzene rings is 2. The van der Waals surface area contributed by atoms with Gasteiger partial charge in [0.2, 0.25) is 0 Å². The Morgan fingerprint density at radius 3 is 1.40 bits per heavy atom. The number of nitrogens with zero attached hydrogens (tertiary/aromatic N) is 1. The van der Waals surface area contributed by atoms with Gasteiger partial charge in [-0.05, 0) is 45.0 Å². The Balaban J connectivity index is 2.72. The highest BCUT2D eigenvalue weighted by Gasteiger charge is 2.34. The average Bonchev–Trinajstić information content (AvgIpc) is 2.64. The average molecular weight is 381 g/mol. The van der Waals surface area contributed by atoms with Gasteiger partial charge in [-0.25, -0.2) is 0 Å². The molecular formula is C18H25NO4P2. The molecule has 0 aliphatic rings. The molecule has 0 fully saturated rings. The summed E-state index contributed by atoms with van der Waals surface area (Å²) in [6.07, 6.45) is 0. The molecule has 7 heteroatoms. The monoisotopic (exact) mass is 381 g/mol. The molecule has 5 nitrogen and oxygen atoms in total. The molecule has 0 N–H and O–H groups in total. The molecule has 2 aromatic rings. The lowest BCUT2D eigenvalue weighted by molar-refractivity contribution is 0.164. The third kappa shape index (κ3) is 4.91. The molecule has 0 atom stereocenters. The summed E-state index contributed by atoms with van der Waals surface area (Å²) in [6, 6.07) is 18.4. The normalized spacial score (nSPS) is 12.1. The SMILES string of the molecule is CCOP(=NP(=O)(c1ccccc1)c1ccccc1)(OCC)OCC. The molecule has 136 valence electrons. The second-order valence-corrected chi connectivity index (χ2v) is 9.67. The van der Waals surface area contributed by atoms with E-state index < -0.39 is 15.0 Å². The highest BCUT2D eigenvalue weighted by molar-refractivity contribution is 7.81. The zero-order valence-electron chi connectivity index (χ0n) is 14.9. The minimum absolute atomic E-state index is 0.362. The van der Waals surface area contributed by atoms with Crippen molar-refractivity contribution in [2.45, 2.75) is 20.8 Å². The molecule has 0 amide bonds. The third-order valence-corrected chi connectivity index (χ3v) is 8.96. The molecule has 0 aliphatic heterocycles. The number of hydrogen-bond donors (Lipinski definition) is 0. The van der Waals surface area contributed by atoms with Gasteiger partial charge in [-0.2, -0.15) is 4.52 Å². The quantitative estimate of drug-likeness (QED) is 0.576. The van der Waals surface area contributed by atoms with Crippen LogP contribution in [0.2, 0.25) is 0 Å². The van der Waals surface area contributed by atoms with Crippen molar-refractivity contribution in [3.8, 4) is 0 Å². The van der Waals surface area contributed by atoms with Gasteiger partial charge in [-0.3, -0.25) is 4.57 Å². The summed E-state index contributed by atoms with van der Waals surface area (Å²) >= 11 is 0. The molecule has 0 radical (unpaired) electrons. The summed E-state index contributed by atoms with van der Waals surface area (Å²) in [5.74, 6) is 0. The molecule has 0 heterocycles. The van der Waals surface area contributed by atoms with Crippen molar-refractivity contribution in [3.05, 3.63) is 60.7 Å². The zero-order chi connectivity index (χ0) is 18.2. The van der Waals surface area contributed by atoms with Crippen LogP contribution in [0.3, 0.4) is 0 Å². The predicted octanol–water partition coefficient (Wildman–Crippen LogP) is 4.97.